The largest absolute Gasteiger partial charge is 0.508 e. The lowest BCUT2D eigenvalue weighted by atomic mass is 10.3. The molecule has 1 nitrogen and oxygen atoms in total. The predicted octanol–water partition coefficient (Wildman–Crippen LogP) is 2.89. The molecule has 2 heteroatoms. The summed E-state index contributed by atoms with van der Waals surface area (Å²) in [6.45, 7) is 0. The van der Waals surface area contributed by atoms with Crippen LogP contribution in [0.4, 0.5) is 0 Å². The minimum Gasteiger partial charge on any atom is -0.508 e. The molecule has 1 aliphatic carbocycles. The topological polar surface area (TPSA) is 20.2 Å². The number of phenolic OH excluding ortho intramolecular Hbond substituents is 1. The van der Waals surface area contributed by atoms with E-state index in [9.17, 15) is 0 Å². The van der Waals surface area contributed by atoms with Crippen molar-refractivity contribution >= 4 is 11.8 Å². The van der Waals surface area contributed by atoms with Crippen LogP contribution in [0.15, 0.2) is 29.2 Å². The standard InChI is InChI=1S/C10H12OS/c11-9-3-5-10(6-4-9)12-7-8-1-2-8/h3-6,8,11H,1-2,7H2. The highest BCUT2D eigenvalue weighted by atomic mass is 32.2. The molecule has 0 spiro atoms. The monoisotopic (exact) mass is 180 g/mol. The van der Waals surface area contributed by atoms with E-state index >= 15 is 0 Å². The van der Waals surface area contributed by atoms with Crippen molar-refractivity contribution in [1.82, 2.24) is 0 Å². The Morgan fingerprint density at radius 1 is 1.25 bits per heavy atom. The van der Waals surface area contributed by atoms with Gasteiger partial charge < -0.3 is 5.11 Å². The molecule has 1 aliphatic rings. The molecule has 0 radical (unpaired) electrons. The maximum Gasteiger partial charge on any atom is 0.115 e. The van der Waals surface area contributed by atoms with E-state index in [1.807, 2.05) is 23.9 Å². The summed E-state index contributed by atoms with van der Waals surface area (Å²) < 4.78 is 0. The molecule has 0 saturated heterocycles. The summed E-state index contributed by atoms with van der Waals surface area (Å²) in [5.74, 6) is 2.56. The highest BCUT2D eigenvalue weighted by molar-refractivity contribution is 7.99. The van der Waals surface area contributed by atoms with Crippen molar-refractivity contribution in [2.75, 3.05) is 5.75 Å². The predicted molar refractivity (Wildman–Crippen MR) is 51.6 cm³/mol. The molecule has 1 fully saturated rings. The first-order valence-electron chi connectivity index (χ1n) is 4.26. The van der Waals surface area contributed by atoms with E-state index in [4.69, 9.17) is 5.11 Å². The first-order chi connectivity index (χ1) is 5.84. The van der Waals surface area contributed by atoms with Gasteiger partial charge in [-0.15, -0.1) is 11.8 Å². The van der Waals surface area contributed by atoms with E-state index < -0.39 is 0 Å². The second-order valence-electron chi connectivity index (χ2n) is 3.25. The lowest BCUT2D eigenvalue weighted by Gasteiger charge is -1.99. The number of hydrogen-bond donors (Lipinski definition) is 1. The molecule has 0 unspecified atom stereocenters. The van der Waals surface area contributed by atoms with E-state index in [2.05, 4.69) is 0 Å². The van der Waals surface area contributed by atoms with Crippen molar-refractivity contribution in [3.05, 3.63) is 24.3 Å². The van der Waals surface area contributed by atoms with E-state index in [0.29, 0.717) is 5.75 Å². The quantitative estimate of drug-likeness (QED) is 0.722. The Labute approximate surface area is 76.8 Å². The molecule has 0 aliphatic heterocycles. The van der Waals surface area contributed by atoms with Crippen molar-refractivity contribution in [1.29, 1.82) is 0 Å². The lowest BCUT2D eigenvalue weighted by molar-refractivity contribution is 0.475. The third-order valence-electron chi connectivity index (χ3n) is 2.02. The van der Waals surface area contributed by atoms with Crippen molar-refractivity contribution in [2.24, 2.45) is 5.92 Å². The Morgan fingerprint density at radius 2 is 1.92 bits per heavy atom. The number of aromatic hydroxyl groups is 1. The fourth-order valence-electron chi connectivity index (χ4n) is 1.04. The SMILES string of the molecule is Oc1ccc(SCC2CC2)cc1. The van der Waals surface area contributed by atoms with E-state index in [1.165, 1.54) is 23.5 Å². The van der Waals surface area contributed by atoms with Crippen LogP contribution >= 0.6 is 11.8 Å². The molecule has 1 aromatic rings. The van der Waals surface area contributed by atoms with Crippen LogP contribution in [-0.2, 0) is 0 Å². The normalized spacial score (nSPS) is 16.3. The molecule has 0 aromatic heterocycles. The van der Waals surface area contributed by atoms with Gasteiger partial charge in [0.05, 0.1) is 0 Å². The summed E-state index contributed by atoms with van der Waals surface area (Å²) in [5, 5.41) is 9.04. The van der Waals surface area contributed by atoms with Gasteiger partial charge in [0, 0.05) is 10.6 Å². The van der Waals surface area contributed by atoms with Crippen LogP contribution < -0.4 is 0 Å². The molecule has 0 amide bonds. The molecule has 0 heterocycles. The zero-order valence-electron chi connectivity index (χ0n) is 6.86. The van der Waals surface area contributed by atoms with Gasteiger partial charge in [-0.3, -0.25) is 0 Å². The van der Waals surface area contributed by atoms with Crippen LogP contribution in [0.1, 0.15) is 12.8 Å². The third-order valence-corrected chi connectivity index (χ3v) is 3.26. The van der Waals surface area contributed by atoms with Gasteiger partial charge in [-0.05, 0) is 43.0 Å². The third kappa shape index (κ3) is 2.18. The van der Waals surface area contributed by atoms with Crippen molar-refractivity contribution in [3.63, 3.8) is 0 Å². The first kappa shape index (κ1) is 7.99. The highest BCUT2D eigenvalue weighted by Crippen LogP contribution is 2.35. The van der Waals surface area contributed by atoms with Gasteiger partial charge in [-0.2, -0.15) is 0 Å². The van der Waals surface area contributed by atoms with Crippen molar-refractivity contribution < 1.29 is 5.11 Å². The van der Waals surface area contributed by atoms with Gasteiger partial charge in [-0.1, -0.05) is 0 Å². The van der Waals surface area contributed by atoms with Crippen molar-refractivity contribution in [3.8, 4) is 5.75 Å². The minimum atomic E-state index is 0.353. The van der Waals surface area contributed by atoms with Gasteiger partial charge >= 0.3 is 0 Å². The smallest absolute Gasteiger partial charge is 0.115 e. The van der Waals surface area contributed by atoms with Crippen LogP contribution in [0.5, 0.6) is 5.75 Å². The second kappa shape index (κ2) is 3.40. The highest BCUT2D eigenvalue weighted by Gasteiger charge is 2.20. The van der Waals surface area contributed by atoms with E-state index in [-0.39, 0.29) is 0 Å². The number of phenols is 1. The Hall–Kier alpha value is -0.630. The minimum absolute atomic E-state index is 0.353. The lowest BCUT2D eigenvalue weighted by Crippen LogP contribution is -1.79. The number of hydrogen-bond acceptors (Lipinski definition) is 2. The summed E-state index contributed by atoms with van der Waals surface area (Å²) in [4.78, 5) is 1.26. The zero-order valence-corrected chi connectivity index (χ0v) is 7.68. The molecule has 1 saturated carbocycles. The molecule has 64 valence electrons. The van der Waals surface area contributed by atoms with Gasteiger partial charge in [0.2, 0.25) is 0 Å². The number of benzene rings is 1. The average Bonchev–Trinajstić information content (AvgIpc) is 2.87. The molecule has 1 aromatic carbocycles. The van der Waals surface area contributed by atoms with Crippen LogP contribution in [-0.4, -0.2) is 10.9 Å². The van der Waals surface area contributed by atoms with Crippen LogP contribution in [0.25, 0.3) is 0 Å². The maximum atomic E-state index is 9.04. The summed E-state index contributed by atoms with van der Waals surface area (Å²) in [6, 6.07) is 7.44. The van der Waals surface area contributed by atoms with Crippen molar-refractivity contribution in [2.45, 2.75) is 17.7 Å². The maximum absolute atomic E-state index is 9.04. The fourth-order valence-corrected chi connectivity index (χ4v) is 2.13. The Balaban J connectivity index is 1.89. The summed E-state index contributed by atoms with van der Waals surface area (Å²) >= 11 is 1.89. The summed E-state index contributed by atoms with van der Waals surface area (Å²) in [6.07, 6.45) is 2.82. The summed E-state index contributed by atoms with van der Waals surface area (Å²) in [7, 11) is 0. The zero-order chi connectivity index (χ0) is 8.39. The van der Waals surface area contributed by atoms with Gasteiger partial charge in [0.25, 0.3) is 0 Å². The Morgan fingerprint density at radius 3 is 2.50 bits per heavy atom. The van der Waals surface area contributed by atoms with Gasteiger partial charge in [0.15, 0.2) is 0 Å². The van der Waals surface area contributed by atoms with Crippen LogP contribution in [0.3, 0.4) is 0 Å². The van der Waals surface area contributed by atoms with Gasteiger partial charge in [-0.25, -0.2) is 0 Å². The molecular formula is C10H12OS. The first-order valence-corrected chi connectivity index (χ1v) is 5.25. The Bertz CT molecular complexity index is 251. The molecule has 1 N–H and O–H groups in total. The van der Waals surface area contributed by atoms with Gasteiger partial charge in [0.1, 0.15) is 5.75 Å². The second-order valence-corrected chi connectivity index (χ2v) is 4.34. The number of rotatable bonds is 3. The van der Waals surface area contributed by atoms with Crippen LogP contribution in [0, 0.1) is 5.92 Å². The van der Waals surface area contributed by atoms with Crippen LogP contribution in [0.2, 0.25) is 0 Å². The van der Waals surface area contributed by atoms with E-state index in [1.54, 1.807) is 12.1 Å². The average molecular weight is 180 g/mol. The van der Waals surface area contributed by atoms with E-state index in [0.717, 1.165) is 5.92 Å². The number of thioether (sulfide) groups is 1. The molecular weight excluding hydrogens is 168 g/mol. The molecule has 0 atom stereocenters. The summed E-state index contributed by atoms with van der Waals surface area (Å²) in [5.41, 5.74) is 0. The molecule has 12 heavy (non-hydrogen) atoms. The molecule has 2 rings (SSSR count). The fraction of sp³-hybridized carbons (Fsp3) is 0.400. The Kier molecular flexibility index (Phi) is 2.26. The molecule has 0 bridgehead atoms.